The number of halogens is 2. The highest BCUT2D eigenvalue weighted by molar-refractivity contribution is 5.42. The summed E-state index contributed by atoms with van der Waals surface area (Å²) in [5.74, 6) is 0.813. The van der Waals surface area contributed by atoms with Crippen molar-refractivity contribution in [3.05, 3.63) is 29.2 Å². The molecule has 2 aromatic rings. The Bertz CT molecular complexity index is 573. The minimum Gasteiger partial charge on any atom is -0.364 e. The average molecular weight is 283 g/mol. The zero-order chi connectivity index (χ0) is 14.7. The van der Waals surface area contributed by atoms with Crippen LogP contribution in [0.1, 0.15) is 23.7 Å². The fraction of sp³-hybridized carbons (Fsp3) is 0.538. The molecule has 0 bridgehead atoms. The van der Waals surface area contributed by atoms with Crippen LogP contribution in [0.3, 0.4) is 0 Å². The number of rotatable bonds is 6. The van der Waals surface area contributed by atoms with E-state index in [-0.39, 0.29) is 6.54 Å². The number of alkyl halides is 2. The molecule has 110 valence electrons. The van der Waals surface area contributed by atoms with Crippen molar-refractivity contribution in [3.8, 4) is 0 Å². The summed E-state index contributed by atoms with van der Waals surface area (Å²) in [6, 6.07) is 0. The zero-order valence-electron chi connectivity index (χ0n) is 11.9. The van der Waals surface area contributed by atoms with Crippen LogP contribution in [0.15, 0.2) is 12.4 Å². The second kappa shape index (κ2) is 6.02. The Labute approximate surface area is 116 Å². The Morgan fingerprint density at radius 1 is 1.35 bits per heavy atom. The highest BCUT2D eigenvalue weighted by Gasteiger charge is 2.11. The normalized spacial score (nSPS) is 11.3. The second-order valence-corrected chi connectivity index (χ2v) is 4.70. The van der Waals surface area contributed by atoms with Gasteiger partial charge in [-0.1, -0.05) is 0 Å². The van der Waals surface area contributed by atoms with Crippen molar-refractivity contribution >= 4 is 5.82 Å². The number of anilines is 1. The van der Waals surface area contributed by atoms with E-state index in [0.29, 0.717) is 6.54 Å². The highest BCUT2D eigenvalue weighted by atomic mass is 19.3. The van der Waals surface area contributed by atoms with E-state index in [4.69, 9.17) is 0 Å². The van der Waals surface area contributed by atoms with Gasteiger partial charge in [0, 0.05) is 36.1 Å². The quantitative estimate of drug-likeness (QED) is 0.886. The van der Waals surface area contributed by atoms with Crippen molar-refractivity contribution in [2.24, 2.45) is 0 Å². The van der Waals surface area contributed by atoms with Crippen molar-refractivity contribution in [1.29, 1.82) is 0 Å². The van der Waals surface area contributed by atoms with E-state index < -0.39 is 6.43 Å². The van der Waals surface area contributed by atoms with Gasteiger partial charge in [0.05, 0.1) is 6.20 Å². The smallest absolute Gasteiger partial charge is 0.257 e. The Morgan fingerprint density at radius 2 is 2.10 bits per heavy atom. The predicted octanol–water partition coefficient (Wildman–Crippen LogP) is 2.59. The van der Waals surface area contributed by atoms with Gasteiger partial charge in [0.15, 0.2) is 5.82 Å². The Kier molecular flexibility index (Phi) is 4.36. The van der Waals surface area contributed by atoms with Gasteiger partial charge < -0.3 is 5.32 Å². The number of nitrogens with one attached hydrogen (secondary N) is 1. The van der Waals surface area contributed by atoms with Crippen molar-refractivity contribution in [1.82, 2.24) is 19.6 Å². The van der Waals surface area contributed by atoms with Crippen LogP contribution >= 0.6 is 0 Å². The summed E-state index contributed by atoms with van der Waals surface area (Å²) >= 11 is 0. The maximum Gasteiger partial charge on any atom is 0.257 e. The lowest BCUT2D eigenvalue weighted by atomic mass is 10.2. The van der Waals surface area contributed by atoms with Gasteiger partial charge in [0.1, 0.15) is 6.54 Å². The van der Waals surface area contributed by atoms with Crippen LogP contribution in [0.4, 0.5) is 14.6 Å². The SMILES string of the molecule is CCn1cc(C)c(NCc2cnn(CC(F)F)c2C)n1. The molecule has 2 heterocycles. The van der Waals surface area contributed by atoms with Gasteiger partial charge in [0.25, 0.3) is 6.43 Å². The molecule has 2 rings (SSSR count). The first-order valence-corrected chi connectivity index (χ1v) is 6.58. The molecule has 20 heavy (non-hydrogen) atoms. The van der Waals surface area contributed by atoms with Crippen LogP contribution in [0.25, 0.3) is 0 Å². The molecule has 1 N–H and O–H groups in total. The third kappa shape index (κ3) is 3.15. The minimum absolute atomic E-state index is 0.366. The molecule has 0 radical (unpaired) electrons. The third-order valence-electron chi connectivity index (χ3n) is 3.23. The predicted molar refractivity (Wildman–Crippen MR) is 72.9 cm³/mol. The third-order valence-corrected chi connectivity index (χ3v) is 3.23. The lowest BCUT2D eigenvalue weighted by molar-refractivity contribution is 0.121. The standard InChI is InChI=1S/C13H19F2N5/c1-4-19-7-9(2)13(18-19)16-5-11-6-17-20(10(11)3)8-12(14)15/h6-7,12H,4-5,8H2,1-3H3,(H,16,18). The summed E-state index contributed by atoms with van der Waals surface area (Å²) in [7, 11) is 0. The summed E-state index contributed by atoms with van der Waals surface area (Å²) in [6.07, 6.45) is 1.20. The largest absolute Gasteiger partial charge is 0.364 e. The molecule has 0 fully saturated rings. The fourth-order valence-electron chi connectivity index (χ4n) is 2.01. The number of hydrogen-bond donors (Lipinski definition) is 1. The van der Waals surface area contributed by atoms with Gasteiger partial charge in [-0.3, -0.25) is 9.36 Å². The molecule has 0 saturated heterocycles. The average Bonchev–Trinajstić information content (AvgIpc) is 2.92. The molecule has 0 atom stereocenters. The Balaban J connectivity index is 2.03. The molecular weight excluding hydrogens is 264 g/mol. The van der Waals surface area contributed by atoms with Gasteiger partial charge >= 0.3 is 0 Å². The van der Waals surface area contributed by atoms with Crippen LogP contribution in [-0.2, 0) is 19.6 Å². The van der Waals surface area contributed by atoms with Crippen LogP contribution in [0, 0.1) is 13.8 Å². The lowest BCUT2D eigenvalue weighted by Crippen LogP contribution is -2.10. The summed E-state index contributed by atoms with van der Waals surface area (Å²) < 4.78 is 27.9. The van der Waals surface area contributed by atoms with Gasteiger partial charge in [-0.05, 0) is 20.8 Å². The van der Waals surface area contributed by atoms with Crippen LogP contribution in [0.5, 0.6) is 0 Å². The van der Waals surface area contributed by atoms with Gasteiger partial charge in [-0.2, -0.15) is 10.2 Å². The van der Waals surface area contributed by atoms with E-state index in [1.54, 1.807) is 13.1 Å². The van der Waals surface area contributed by atoms with E-state index in [2.05, 4.69) is 15.5 Å². The first-order valence-electron chi connectivity index (χ1n) is 6.58. The number of hydrogen-bond acceptors (Lipinski definition) is 3. The molecule has 0 aliphatic heterocycles. The van der Waals surface area contributed by atoms with Crippen LogP contribution in [-0.4, -0.2) is 26.0 Å². The monoisotopic (exact) mass is 283 g/mol. The molecule has 0 spiro atoms. The lowest BCUT2D eigenvalue weighted by Gasteiger charge is -2.06. The molecule has 0 aromatic carbocycles. The Morgan fingerprint density at radius 3 is 2.70 bits per heavy atom. The number of aryl methyl sites for hydroxylation is 2. The van der Waals surface area contributed by atoms with Crippen LogP contribution < -0.4 is 5.32 Å². The maximum absolute atomic E-state index is 12.4. The number of aromatic nitrogens is 4. The first-order chi connectivity index (χ1) is 9.51. The summed E-state index contributed by atoms with van der Waals surface area (Å²) in [6.45, 7) is 6.77. The van der Waals surface area contributed by atoms with Crippen molar-refractivity contribution in [3.63, 3.8) is 0 Å². The van der Waals surface area contributed by atoms with E-state index >= 15 is 0 Å². The van der Waals surface area contributed by atoms with Crippen molar-refractivity contribution in [2.45, 2.75) is 46.8 Å². The van der Waals surface area contributed by atoms with Gasteiger partial charge in [-0.25, -0.2) is 8.78 Å². The Hall–Kier alpha value is -1.92. The molecule has 0 aliphatic carbocycles. The molecule has 0 amide bonds. The zero-order valence-corrected chi connectivity index (χ0v) is 11.9. The fourth-order valence-corrected chi connectivity index (χ4v) is 2.01. The molecule has 0 saturated carbocycles. The van der Waals surface area contributed by atoms with E-state index in [1.807, 2.05) is 24.7 Å². The molecule has 2 aromatic heterocycles. The molecule has 0 aliphatic rings. The second-order valence-electron chi connectivity index (χ2n) is 4.70. The molecule has 0 unspecified atom stereocenters. The first kappa shape index (κ1) is 14.5. The van der Waals surface area contributed by atoms with E-state index in [9.17, 15) is 8.78 Å². The summed E-state index contributed by atoms with van der Waals surface area (Å²) in [4.78, 5) is 0. The van der Waals surface area contributed by atoms with Gasteiger partial charge in [-0.15, -0.1) is 0 Å². The van der Waals surface area contributed by atoms with Crippen molar-refractivity contribution in [2.75, 3.05) is 5.32 Å². The van der Waals surface area contributed by atoms with E-state index in [1.165, 1.54) is 4.68 Å². The van der Waals surface area contributed by atoms with Gasteiger partial charge in [0.2, 0.25) is 0 Å². The number of nitrogens with zero attached hydrogens (tertiary/aromatic N) is 4. The molecule has 5 nitrogen and oxygen atoms in total. The van der Waals surface area contributed by atoms with E-state index in [0.717, 1.165) is 29.2 Å². The topological polar surface area (TPSA) is 47.7 Å². The molecule has 7 heteroatoms. The minimum atomic E-state index is -2.39. The summed E-state index contributed by atoms with van der Waals surface area (Å²) in [5.41, 5.74) is 2.71. The summed E-state index contributed by atoms with van der Waals surface area (Å²) in [5, 5.41) is 11.6. The van der Waals surface area contributed by atoms with Crippen molar-refractivity contribution < 1.29 is 8.78 Å². The highest BCUT2D eigenvalue weighted by Crippen LogP contribution is 2.15. The van der Waals surface area contributed by atoms with Crippen LogP contribution in [0.2, 0.25) is 0 Å². The molecular formula is C13H19F2N5. The maximum atomic E-state index is 12.4.